The Kier molecular flexibility index (Phi) is 3.96. The van der Waals surface area contributed by atoms with Crippen LogP contribution in [0.25, 0.3) is 22.0 Å². The first-order valence-electron chi connectivity index (χ1n) is 6.37. The van der Waals surface area contributed by atoms with E-state index in [4.69, 9.17) is 5.73 Å². The van der Waals surface area contributed by atoms with Gasteiger partial charge in [0.1, 0.15) is 5.82 Å². The number of pyridine rings is 1. The highest BCUT2D eigenvalue weighted by molar-refractivity contribution is 5.94. The molecule has 0 atom stereocenters. The first-order valence-corrected chi connectivity index (χ1v) is 6.37. The summed E-state index contributed by atoms with van der Waals surface area (Å²) in [7, 11) is 0. The van der Waals surface area contributed by atoms with Crippen LogP contribution in [0, 0.1) is 13.8 Å². The predicted molar refractivity (Wildman–Crippen MR) is 88.3 cm³/mol. The van der Waals surface area contributed by atoms with E-state index in [1.165, 1.54) is 11.1 Å². The van der Waals surface area contributed by atoms with Crippen molar-refractivity contribution >= 4 is 29.0 Å². The second-order valence-electron chi connectivity index (χ2n) is 4.99. The van der Waals surface area contributed by atoms with Gasteiger partial charge in [0.15, 0.2) is 0 Å². The summed E-state index contributed by atoms with van der Waals surface area (Å²) in [5.74, 6) is 0.592. The average molecular weight is 285 g/mol. The van der Waals surface area contributed by atoms with E-state index in [2.05, 4.69) is 55.2 Å². The van der Waals surface area contributed by atoms with Crippen molar-refractivity contribution in [2.24, 2.45) is 0 Å². The van der Waals surface area contributed by atoms with E-state index in [-0.39, 0.29) is 12.4 Å². The van der Waals surface area contributed by atoms with Crippen molar-refractivity contribution in [2.75, 3.05) is 5.73 Å². The zero-order chi connectivity index (χ0) is 13.4. The number of nitrogens with zero attached hydrogens (tertiary/aromatic N) is 1. The van der Waals surface area contributed by atoms with Crippen LogP contribution in [0.4, 0.5) is 5.82 Å². The van der Waals surface area contributed by atoms with Gasteiger partial charge in [-0.15, -0.1) is 12.4 Å². The lowest BCUT2D eigenvalue weighted by molar-refractivity contribution is 1.35. The number of nitrogen functional groups attached to an aromatic ring is 1. The van der Waals surface area contributed by atoms with Crippen molar-refractivity contribution in [3.8, 4) is 11.3 Å². The second kappa shape index (κ2) is 5.51. The molecule has 0 amide bonds. The number of anilines is 1. The maximum absolute atomic E-state index is 6.07. The van der Waals surface area contributed by atoms with Crippen molar-refractivity contribution < 1.29 is 0 Å². The van der Waals surface area contributed by atoms with Crippen molar-refractivity contribution in [3.05, 3.63) is 59.7 Å². The second-order valence-corrected chi connectivity index (χ2v) is 4.99. The standard InChI is InChI=1S/C17H16N2.ClH/c1-11-4-3-5-13(8-11)16-10-14-9-12(2)6-7-15(14)17(18)19-16;/h3-10H,1-2H3,(H2,18,19);1H. The maximum atomic E-state index is 6.07. The number of benzene rings is 2. The first kappa shape index (κ1) is 14.4. The van der Waals surface area contributed by atoms with Gasteiger partial charge >= 0.3 is 0 Å². The van der Waals surface area contributed by atoms with Crippen LogP contribution in [0.1, 0.15) is 11.1 Å². The minimum absolute atomic E-state index is 0. The van der Waals surface area contributed by atoms with E-state index in [0.29, 0.717) is 5.82 Å². The summed E-state index contributed by atoms with van der Waals surface area (Å²) in [6, 6.07) is 16.7. The molecule has 3 aromatic rings. The molecule has 0 aliphatic rings. The monoisotopic (exact) mass is 284 g/mol. The molecule has 1 aromatic heterocycles. The number of hydrogen-bond acceptors (Lipinski definition) is 2. The molecule has 20 heavy (non-hydrogen) atoms. The van der Waals surface area contributed by atoms with Crippen LogP contribution < -0.4 is 5.73 Å². The SMILES string of the molecule is Cc1cccc(-c2cc3cc(C)ccc3c(N)n2)c1.Cl. The van der Waals surface area contributed by atoms with Gasteiger partial charge in [0.25, 0.3) is 0 Å². The summed E-state index contributed by atoms with van der Waals surface area (Å²) in [6.45, 7) is 4.17. The van der Waals surface area contributed by atoms with Crippen LogP contribution in [0.5, 0.6) is 0 Å². The Hall–Kier alpha value is -2.06. The zero-order valence-corrected chi connectivity index (χ0v) is 12.4. The number of rotatable bonds is 1. The van der Waals surface area contributed by atoms with Gasteiger partial charge < -0.3 is 5.73 Å². The topological polar surface area (TPSA) is 38.9 Å². The number of hydrogen-bond donors (Lipinski definition) is 1. The summed E-state index contributed by atoms with van der Waals surface area (Å²) in [4.78, 5) is 4.52. The van der Waals surface area contributed by atoms with E-state index >= 15 is 0 Å². The van der Waals surface area contributed by atoms with E-state index in [0.717, 1.165) is 22.0 Å². The lowest BCUT2D eigenvalue weighted by Gasteiger charge is -2.08. The molecule has 2 nitrogen and oxygen atoms in total. The Balaban J connectivity index is 0.00000147. The van der Waals surface area contributed by atoms with Gasteiger partial charge in [0.05, 0.1) is 5.69 Å². The third-order valence-electron chi connectivity index (χ3n) is 3.33. The zero-order valence-electron chi connectivity index (χ0n) is 11.6. The van der Waals surface area contributed by atoms with Crippen LogP contribution >= 0.6 is 12.4 Å². The molecule has 0 aliphatic carbocycles. The van der Waals surface area contributed by atoms with Crippen LogP contribution in [0.15, 0.2) is 48.5 Å². The van der Waals surface area contributed by atoms with Crippen LogP contribution in [-0.2, 0) is 0 Å². The average Bonchev–Trinajstić information content (AvgIpc) is 2.38. The normalized spacial score (nSPS) is 10.3. The minimum atomic E-state index is 0. The fraction of sp³-hybridized carbons (Fsp3) is 0.118. The molecule has 3 heteroatoms. The van der Waals surface area contributed by atoms with E-state index in [1.807, 2.05) is 12.1 Å². The molecule has 3 rings (SSSR count). The fourth-order valence-electron chi connectivity index (χ4n) is 2.36. The van der Waals surface area contributed by atoms with Crippen molar-refractivity contribution in [3.63, 3.8) is 0 Å². The summed E-state index contributed by atoms with van der Waals surface area (Å²) in [5, 5.41) is 2.16. The van der Waals surface area contributed by atoms with E-state index in [1.54, 1.807) is 0 Å². The molecular formula is C17H17ClN2. The molecule has 1 heterocycles. The Morgan fingerprint density at radius 2 is 1.65 bits per heavy atom. The molecule has 0 fully saturated rings. The third-order valence-corrected chi connectivity index (χ3v) is 3.33. The highest BCUT2D eigenvalue weighted by Gasteiger charge is 2.05. The van der Waals surface area contributed by atoms with Crippen LogP contribution in [-0.4, -0.2) is 4.98 Å². The first-order chi connectivity index (χ1) is 9.13. The molecule has 102 valence electrons. The van der Waals surface area contributed by atoms with E-state index in [9.17, 15) is 0 Å². The molecule has 2 N–H and O–H groups in total. The van der Waals surface area contributed by atoms with Crippen molar-refractivity contribution in [1.82, 2.24) is 4.98 Å². The molecule has 2 aromatic carbocycles. The van der Waals surface area contributed by atoms with Crippen molar-refractivity contribution in [2.45, 2.75) is 13.8 Å². The number of halogens is 1. The van der Waals surface area contributed by atoms with Gasteiger partial charge in [0.2, 0.25) is 0 Å². The van der Waals surface area contributed by atoms with Gasteiger partial charge in [-0.25, -0.2) is 4.98 Å². The molecule has 0 unspecified atom stereocenters. The number of fused-ring (bicyclic) bond motifs is 1. The largest absolute Gasteiger partial charge is 0.383 e. The lowest BCUT2D eigenvalue weighted by atomic mass is 10.0. The van der Waals surface area contributed by atoms with Gasteiger partial charge in [-0.3, -0.25) is 0 Å². The predicted octanol–water partition coefficient (Wildman–Crippen LogP) is 4.52. The van der Waals surface area contributed by atoms with Crippen molar-refractivity contribution in [1.29, 1.82) is 0 Å². The fourth-order valence-corrected chi connectivity index (χ4v) is 2.36. The molecular weight excluding hydrogens is 268 g/mol. The molecule has 0 saturated heterocycles. The molecule has 0 saturated carbocycles. The molecule has 0 aliphatic heterocycles. The summed E-state index contributed by atoms with van der Waals surface area (Å²) in [6.07, 6.45) is 0. The van der Waals surface area contributed by atoms with Gasteiger partial charge in [-0.1, -0.05) is 47.5 Å². The van der Waals surface area contributed by atoms with E-state index < -0.39 is 0 Å². The van der Waals surface area contributed by atoms with Gasteiger partial charge in [-0.05, 0) is 31.4 Å². The Morgan fingerprint density at radius 3 is 2.40 bits per heavy atom. The lowest BCUT2D eigenvalue weighted by Crippen LogP contribution is -1.95. The summed E-state index contributed by atoms with van der Waals surface area (Å²) < 4.78 is 0. The van der Waals surface area contributed by atoms with Crippen LogP contribution in [0.2, 0.25) is 0 Å². The third kappa shape index (κ3) is 2.61. The Bertz CT molecular complexity index is 766. The van der Waals surface area contributed by atoms with Gasteiger partial charge in [-0.2, -0.15) is 0 Å². The number of aromatic nitrogens is 1. The minimum Gasteiger partial charge on any atom is -0.383 e. The summed E-state index contributed by atoms with van der Waals surface area (Å²) in [5.41, 5.74) is 10.6. The van der Waals surface area contributed by atoms with Gasteiger partial charge in [0, 0.05) is 10.9 Å². The molecule has 0 radical (unpaired) electrons. The highest BCUT2D eigenvalue weighted by atomic mass is 35.5. The quantitative estimate of drug-likeness (QED) is 0.713. The van der Waals surface area contributed by atoms with Crippen LogP contribution in [0.3, 0.4) is 0 Å². The maximum Gasteiger partial charge on any atom is 0.131 e. The number of nitrogens with two attached hydrogens (primary N) is 1. The highest BCUT2D eigenvalue weighted by Crippen LogP contribution is 2.27. The summed E-state index contributed by atoms with van der Waals surface area (Å²) >= 11 is 0. The smallest absolute Gasteiger partial charge is 0.131 e. The number of aryl methyl sites for hydroxylation is 2. The Labute approximate surface area is 125 Å². The molecule has 0 bridgehead atoms. The Morgan fingerprint density at radius 1 is 0.900 bits per heavy atom. The molecule has 0 spiro atoms.